The standard InChI is InChI=1S/C16H28N4O/c1-13(17)12-15-16(5-4-14(2)18-15)21-11-10-20-8-6-19(3)7-9-20/h4-5,13H,6-12,17H2,1-3H3. The molecule has 5 heteroatoms. The Bertz CT molecular complexity index is 442. The van der Waals surface area contributed by atoms with E-state index in [-0.39, 0.29) is 6.04 Å². The molecule has 118 valence electrons. The number of hydrogen-bond donors (Lipinski definition) is 1. The summed E-state index contributed by atoms with van der Waals surface area (Å²) in [6, 6.07) is 4.11. The Labute approximate surface area is 128 Å². The van der Waals surface area contributed by atoms with Gasteiger partial charge in [0.25, 0.3) is 0 Å². The molecule has 0 radical (unpaired) electrons. The van der Waals surface area contributed by atoms with E-state index < -0.39 is 0 Å². The number of piperazine rings is 1. The van der Waals surface area contributed by atoms with E-state index in [9.17, 15) is 0 Å². The monoisotopic (exact) mass is 292 g/mol. The maximum atomic E-state index is 5.95. The van der Waals surface area contributed by atoms with Crippen LogP contribution in [-0.2, 0) is 6.42 Å². The third-order valence-electron chi connectivity index (χ3n) is 3.85. The number of aryl methyl sites for hydroxylation is 1. The van der Waals surface area contributed by atoms with Gasteiger partial charge < -0.3 is 15.4 Å². The first-order chi connectivity index (χ1) is 10.0. The average Bonchev–Trinajstić information content (AvgIpc) is 2.43. The molecule has 5 nitrogen and oxygen atoms in total. The van der Waals surface area contributed by atoms with E-state index in [0.29, 0.717) is 6.61 Å². The highest BCUT2D eigenvalue weighted by Gasteiger charge is 2.14. The number of aromatic nitrogens is 1. The lowest BCUT2D eigenvalue weighted by molar-refractivity contribution is 0.133. The Morgan fingerprint density at radius 2 is 2.00 bits per heavy atom. The summed E-state index contributed by atoms with van der Waals surface area (Å²) in [7, 11) is 2.17. The first kappa shape index (κ1) is 16.2. The van der Waals surface area contributed by atoms with Gasteiger partial charge in [-0.25, -0.2) is 0 Å². The normalized spacial score (nSPS) is 18.7. The topological polar surface area (TPSA) is 54.6 Å². The van der Waals surface area contributed by atoms with Crippen molar-refractivity contribution in [2.45, 2.75) is 26.3 Å². The second-order valence-electron chi connectivity index (χ2n) is 6.07. The van der Waals surface area contributed by atoms with Crippen LogP contribution < -0.4 is 10.5 Å². The van der Waals surface area contributed by atoms with Gasteiger partial charge in [0, 0.05) is 50.9 Å². The van der Waals surface area contributed by atoms with E-state index >= 15 is 0 Å². The molecule has 1 aromatic heterocycles. The first-order valence-corrected chi connectivity index (χ1v) is 7.80. The SMILES string of the molecule is Cc1ccc(OCCN2CCN(C)CC2)c(CC(C)N)n1. The highest BCUT2D eigenvalue weighted by atomic mass is 16.5. The van der Waals surface area contributed by atoms with Gasteiger partial charge in [0.2, 0.25) is 0 Å². The predicted molar refractivity (Wildman–Crippen MR) is 85.8 cm³/mol. The van der Waals surface area contributed by atoms with Gasteiger partial charge in [-0.15, -0.1) is 0 Å². The lowest BCUT2D eigenvalue weighted by Gasteiger charge is -2.32. The maximum absolute atomic E-state index is 5.95. The summed E-state index contributed by atoms with van der Waals surface area (Å²) >= 11 is 0. The molecule has 1 fully saturated rings. The van der Waals surface area contributed by atoms with Crippen molar-refractivity contribution in [3.63, 3.8) is 0 Å². The van der Waals surface area contributed by atoms with Crippen LogP contribution in [0.5, 0.6) is 5.75 Å². The fourth-order valence-electron chi connectivity index (χ4n) is 2.54. The van der Waals surface area contributed by atoms with Crippen molar-refractivity contribution >= 4 is 0 Å². The van der Waals surface area contributed by atoms with Gasteiger partial charge in [-0.3, -0.25) is 9.88 Å². The van der Waals surface area contributed by atoms with Crippen LogP contribution in [0.15, 0.2) is 12.1 Å². The minimum absolute atomic E-state index is 0.0966. The smallest absolute Gasteiger partial charge is 0.140 e. The molecular formula is C16H28N4O. The van der Waals surface area contributed by atoms with Crippen molar-refractivity contribution < 1.29 is 4.74 Å². The maximum Gasteiger partial charge on any atom is 0.140 e. The molecule has 0 aliphatic carbocycles. The second-order valence-corrected chi connectivity index (χ2v) is 6.07. The molecule has 0 aromatic carbocycles. The molecular weight excluding hydrogens is 264 g/mol. The molecule has 1 atom stereocenters. The molecule has 0 saturated carbocycles. The average molecular weight is 292 g/mol. The van der Waals surface area contributed by atoms with Crippen LogP contribution in [0.4, 0.5) is 0 Å². The van der Waals surface area contributed by atoms with E-state index in [4.69, 9.17) is 10.5 Å². The zero-order valence-corrected chi connectivity index (χ0v) is 13.5. The first-order valence-electron chi connectivity index (χ1n) is 7.80. The summed E-state index contributed by atoms with van der Waals surface area (Å²) in [6.45, 7) is 10.2. The van der Waals surface area contributed by atoms with Crippen molar-refractivity contribution in [1.82, 2.24) is 14.8 Å². The van der Waals surface area contributed by atoms with E-state index in [1.807, 2.05) is 26.0 Å². The molecule has 0 amide bonds. The Kier molecular flexibility index (Phi) is 5.96. The molecule has 2 heterocycles. The highest BCUT2D eigenvalue weighted by Crippen LogP contribution is 2.18. The molecule has 1 unspecified atom stereocenters. The number of ether oxygens (including phenoxy) is 1. The minimum Gasteiger partial charge on any atom is -0.490 e. The Morgan fingerprint density at radius 3 is 2.67 bits per heavy atom. The summed E-state index contributed by atoms with van der Waals surface area (Å²) in [5.74, 6) is 0.882. The molecule has 1 aliphatic rings. The highest BCUT2D eigenvalue weighted by molar-refractivity contribution is 5.29. The summed E-state index contributed by atoms with van der Waals surface area (Å²) in [4.78, 5) is 9.38. The van der Waals surface area contributed by atoms with Crippen LogP contribution in [0.3, 0.4) is 0 Å². The summed E-state index contributed by atoms with van der Waals surface area (Å²) in [5.41, 5.74) is 7.88. The molecule has 21 heavy (non-hydrogen) atoms. The molecule has 1 aromatic rings. The molecule has 1 saturated heterocycles. The zero-order valence-electron chi connectivity index (χ0n) is 13.5. The number of likely N-dealkylation sites (N-methyl/N-ethyl adjacent to an activating group) is 1. The third-order valence-corrected chi connectivity index (χ3v) is 3.85. The molecule has 0 bridgehead atoms. The van der Waals surface area contributed by atoms with Crippen molar-refractivity contribution in [2.24, 2.45) is 5.73 Å². The van der Waals surface area contributed by atoms with Crippen LogP contribution in [0.2, 0.25) is 0 Å². The van der Waals surface area contributed by atoms with Crippen LogP contribution in [0, 0.1) is 6.92 Å². The van der Waals surface area contributed by atoms with Crippen LogP contribution in [0.25, 0.3) is 0 Å². The number of nitrogens with zero attached hydrogens (tertiary/aromatic N) is 3. The Balaban J connectivity index is 1.85. The molecule has 0 spiro atoms. The fraction of sp³-hybridized carbons (Fsp3) is 0.688. The second kappa shape index (κ2) is 7.73. The summed E-state index contributed by atoms with van der Waals surface area (Å²) in [5, 5.41) is 0. The minimum atomic E-state index is 0.0966. The third kappa shape index (κ3) is 5.26. The van der Waals surface area contributed by atoms with Gasteiger partial charge in [0.15, 0.2) is 0 Å². The summed E-state index contributed by atoms with van der Waals surface area (Å²) < 4.78 is 5.95. The molecule has 1 aliphatic heterocycles. The van der Waals surface area contributed by atoms with Gasteiger partial charge in [0.05, 0.1) is 5.69 Å². The molecule has 2 N–H and O–H groups in total. The van der Waals surface area contributed by atoms with Crippen molar-refractivity contribution in [3.8, 4) is 5.75 Å². The predicted octanol–water partition coefficient (Wildman–Crippen LogP) is 0.906. The van der Waals surface area contributed by atoms with Gasteiger partial charge in [-0.2, -0.15) is 0 Å². The lowest BCUT2D eigenvalue weighted by atomic mass is 10.1. The number of hydrogen-bond acceptors (Lipinski definition) is 5. The van der Waals surface area contributed by atoms with E-state index in [1.54, 1.807) is 0 Å². The Hall–Kier alpha value is -1.17. The lowest BCUT2D eigenvalue weighted by Crippen LogP contribution is -2.45. The van der Waals surface area contributed by atoms with Gasteiger partial charge in [-0.05, 0) is 33.0 Å². The summed E-state index contributed by atoms with van der Waals surface area (Å²) in [6.07, 6.45) is 0.755. The van der Waals surface area contributed by atoms with Crippen LogP contribution in [0.1, 0.15) is 18.3 Å². The van der Waals surface area contributed by atoms with Crippen LogP contribution in [-0.4, -0.2) is 67.2 Å². The van der Waals surface area contributed by atoms with Gasteiger partial charge in [0.1, 0.15) is 12.4 Å². The number of pyridine rings is 1. The van der Waals surface area contributed by atoms with Crippen LogP contribution >= 0.6 is 0 Å². The van der Waals surface area contributed by atoms with Crippen molar-refractivity contribution in [3.05, 3.63) is 23.5 Å². The number of rotatable bonds is 6. The van der Waals surface area contributed by atoms with Gasteiger partial charge in [-0.1, -0.05) is 0 Å². The quantitative estimate of drug-likeness (QED) is 0.844. The van der Waals surface area contributed by atoms with E-state index in [0.717, 1.165) is 56.3 Å². The molecule has 2 rings (SSSR count). The fourth-order valence-corrected chi connectivity index (χ4v) is 2.54. The largest absolute Gasteiger partial charge is 0.490 e. The van der Waals surface area contributed by atoms with Gasteiger partial charge >= 0.3 is 0 Å². The Morgan fingerprint density at radius 1 is 1.29 bits per heavy atom. The van der Waals surface area contributed by atoms with Crippen molar-refractivity contribution in [2.75, 3.05) is 46.4 Å². The van der Waals surface area contributed by atoms with E-state index in [1.165, 1.54) is 0 Å². The van der Waals surface area contributed by atoms with E-state index in [2.05, 4.69) is 21.8 Å². The number of nitrogens with two attached hydrogens (primary N) is 1. The van der Waals surface area contributed by atoms with Crippen molar-refractivity contribution in [1.29, 1.82) is 0 Å². The zero-order chi connectivity index (χ0) is 15.2.